The van der Waals surface area contributed by atoms with Crippen LogP contribution in [-0.2, 0) is 0 Å². The van der Waals surface area contributed by atoms with Crippen LogP contribution in [0.25, 0.3) is 16.9 Å². The monoisotopic (exact) mass is 320 g/mol. The maximum absolute atomic E-state index is 11.5. The van der Waals surface area contributed by atoms with Gasteiger partial charge in [0.1, 0.15) is 11.4 Å². The fraction of sp³-hybridized carbons (Fsp3) is 0.200. The van der Waals surface area contributed by atoms with Crippen LogP contribution < -0.4 is 4.74 Å². The van der Waals surface area contributed by atoms with Crippen LogP contribution >= 0.6 is 0 Å². The zero-order chi connectivity index (χ0) is 16.8. The highest BCUT2D eigenvalue weighted by atomic mass is 16.5. The number of carbonyl (C=O) groups excluding carboxylic acids is 1. The van der Waals surface area contributed by atoms with Crippen molar-refractivity contribution < 1.29 is 9.53 Å². The minimum atomic E-state index is 0.560. The first-order valence-corrected chi connectivity index (χ1v) is 8.15. The first-order valence-electron chi connectivity index (χ1n) is 8.15. The van der Waals surface area contributed by atoms with Crippen molar-refractivity contribution in [2.45, 2.75) is 19.8 Å². The first kappa shape index (κ1) is 16.0. The van der Waals surface area contributed by atoms with Gasteiger partial charge < -0.3 is 4.74 Å². The van der Waals surface area contributed by atoms with Gasteiger partial charge in [-0.1, -0.05) is 43.7 Å². The van der Waals surface area contributed by atoms with Crippen molar-refractivity contribution in [1.29, 1.82) is 0 Å². The minimum absolute atomic E-state index is 0.560. The van der Waals surface area contributed by atoms with Gasteiger partial charge in [0.2, 0.25) is 0 Å². The van der Waals surface area contributed by atoms with Crippen LogP contribution in [0.3, 0.4) is 0 Å². The summed E-state index contributed by atoms with van der Waals surface area (Å²) in [5.41, 5.74) is 3.02. The van der Waals surface area contributed by atoms with E-state index < -0.39 is 0 Å². The maximum atomic E-state index is 11.5. The second-order valence-electron chi connectivity index (χ2n) is 5.56. The predicted molar refractivity (Wildman–Crippen MR) is 94.8 cm³/mol. The second-order valence-corrected chi connectivity index (χ2v) is 5.56. The molecular formula is C20H20N2O2. The lowest BCUT2D eigenvalue weighted by molar-refractivity contribution is 0.112. The molecule has 0 radical (unpaired) electrons. The Kier molecular flexibility index (Phi) is 5.06. The van der Waals surface area contributed by atoms with Gasteiger partial charge in [-0.05, 0) is 30.7 Å². The van der Waals surface area contributed by atoms with Gasteiger partial charge in [0.05, 0.1) is 17.9 Å². The summed E-state index contributed by atoms with van der Waals surface area (Å²) in [6.45, 7) is 2.82. The molecule has 0 aliphatic rings. The lowest BCUT2D eigenvalue weighted by Gasteiger charge is -2.07. The standard InChI is InChI=1S/C20H20N2O2/c1-2-3-12-24-19-11-7-8-16(13-19)20-17(15-23)14-22(21-20)18-9-5-4-6-10-18/h4-11,13-15H,2-3,12H2,1H3. The molecule has 0 bridgehead atoms. The number of benzene rings is 2. The van der Waals surface area contributed by atoms with E-state index in [1.165, 1.54) is 0 Å². The molecule has 3 aromatic rings. The van der Waals surface area contributed by atoms with Crippen molar-refractivity contribution in [3.8, 4) is 22.7 Å². The van der Waals surface area contributed by atoms with E-state index in [-0.39, 0.29) is 0 Å². The third-order valence-electron chi connectivity index (χ3n) is 3.76. The highest BCUT2D eigenvalue weighted by Gasteiger charge is 2.12. The largest absolute Gasteiger partial charge is 0.494 e. The highest BCUT2D eigenvalue weighted by molar-refractivity contribution is 5.85. The highest BCUT2D eigenvalue weighted by Crippen LogP contribution is 2.26. The average molecular weight is 320 g/mol. The van der Waals surface area contributed by atoms with Crippen molar-refractivity contribution in [2.24, 2.45) is 0 Å². The van der Waals surface area contributed by atoms with Crippen LogP contribution in [0.2, 0.25) is 0 Å². The predicted octanol–water partition coefficient (Wildman–Crippen LogP) is 4.53. The molecule has 0 spiro atoms. The van der Waals surface area contributed by atoms with E-state index in [0.29, 0.717) is 17.9 Å². The zero-order valence-corrected chi connectivity index (χ0v) is 13.7. The summed E-state index contributed by atoms with van der Waals surface area (Å²) < 4.78 is 7.48. The quantitative estimate of drug-likeness (QED) is 0.474. The molecule has 1 heterocycles. The second kappa shape index (κ2) is 7.59. The van der Waals surface area contributed by atoms with E-state index in [1.807, 2.05) is 54.6 Å². The van der Waals surface area contributed by atoms with E-state index in [0.717, 1.165) is 36.1 Å². The lowest BCUT2D eigenvalue weighted by atomic mass is 10.1. The number of nitrogens with zero attached hydrogens (tertiary/aromatic N) is 2. The van der Waals surface area contributed by atoms with Crippen LogP contribution in [-0.4, -0.2) is 22.7 Å². The smallest absolute Gasteiger partial charge is 0.153 e. The molecular weight excluding hydrogens is 300 g/mol. The Hall–Kier alpha value is -2.88. The summed E-state index contributed by atoms with van der Waals surface area (Å²) in [5, 5.41) is 4.59. The van der Waals surface area contributed by atoms with E-state index in [9.17, 15) is 4.79 Å². The third-order valence-corrected chi connectivity index (χ3v) is 3.76. The van der Waals surface area contributed by atoms with Gasteiger partial charge in [-0.2, -0.15) is 5.10 Å². The number of unbranched alkanes of at least 4 members (excludes halogenated alkanes) is 1. The lowest BCUT2D eigenvalue weighted by Crippen LogP contribution is -1.97. The van der Waals surface area contributed by atoms with Crippen LogP contribution in [0, 0.1) is 0 Å². The summed E-state index contributed by atoms with van der Waals surface area (Å²) in [6.07, 6.45) is 4.71. The molecule has 0 unspecified atom stereocenters. The Balaban J connectivity index is 1.93. The molecule has 122 valence electrons. The average Bonchev–Trinajstić information content (AvgIpc) is 3.07. The summed E-state index contributed by atoms with van der Waals surface area (Å²) in [5.74, 6) is 0.798. The first-order chi connectivity index (χ1) is 11.8. The molecule has 0 aliphatic carbocycles. The minimum Gasteiger partial charge on any atom is -0.494 e. The summed E-state index contributed by atoms with van der Waals surface area (Å²) in [6, 6.07) is 17.5. The Morgan fingerprint density at radius 2 is 1.96 bits per heavy atom. The molecule has 2 aromatic carbocycles. The van der Waals surface area contributed by atoms with Gasteiger partial charge in [0.25, 0.3) is 0 Å². The molecule has 0 amide bonds. The van der Waals surface area contributed by atoms with E-state index in [2.05, 4.69) is 12.0 Å². The van der Waals surface area contributed by atoms with Crippen molar-refractivity contribution in [3.63, 3.8) is 0 Å². The molecule has 0 N–H and O–H groups in total. The van der Waals surface area contributed by atoms with Gasteiger partial charge in [0.15, 0.2) is 6.29 Å². The normalized spacial score (nSPS) is 10.5. The molecule has 0 atom stereocenters. The van der Waals surface area contributed by atoms with Crippen molar-refractivity contribution in [3.05, 3.63) is 66.4 Å². The Labute approximate surface area is 141 Å². The van der Waals surface area contributed by atoms with E-state index in [4.69, 9.17) is 4.74 Å². The topological polar surface area (TPSA) is 44.1 Å². The summed E-state index contributed by atoms with van der Waals surface area (Å²) in [7, 11) is 0. The third kappa shape index (κ3) is 3.54. The van der Waals surface area contributed by atoms with E-state index in [1.54, 1.807) is 10.9 Å². The van der Waals surface area contributed by atoms with Crippen LogP contribution in [0.4, 0.5) is 0 Å². The van der Waals surface area contributed by atoms with Crippen LogP contribution in [0.5, 0.6) is 5.75 Å². The number of hydrogen-bond acceptors (Lipinski definition) is 3. The number of hydrogen-bond donors (Lipinski definition) is 0. The molecule has 4 heteroatoms. The molecule has 0 saturated carbocycles. The number of aromatic nitrogens is 2. The Morgan fingerprint density at radius 3 is 2.71 bits per heavy atom. The molecule has 0 aliphatic heterocycles. The van der Waals surface area contributed by atoms with Gasteiger partial charge in [0, 0.05) is 11.8 Å². The van der Waals surface area contributed by atoms with Gasteiger partial charge in [-0.3, -0.25) is 4.79 Å². The SMILES string of the molecule is CCCCOc1cccc(-c2nn(-c3ccccc3)cc2C=O)c1. The number of rotatable bonds is 7. The van der Waals surface area contributed by atoms with Gasteiger partial charge in [-0.15, -0.1) is 0 Å². The van der Waals surface area contributed by atoms with Crippen molar-refractivity contribution in [1.82, 2.24) is 9.78 Å². The molecule has 1 aromatic heterocycles. The number of para-hydroxylation sites is 1. The van der Waals surface area contributed by atoms with Gasteiger partial charge >= 0.3 is 0 Å². The Morgan fingerprint density at radius 1 is 1.12 bits per heavy atom. The van der Waals surface area contributed by atoms with E-state index >= 15 is 0 Å². The number of carbonyl (C=O) groups is 1. The number of ether oxygens (including phenoxy) is 1. The fourth-order valence-electron chi connectivity index (χ4n) is 2.48. The van der Waals surface area contributed by atoms with Crippen molar-refractivity contribution >= 4 is 6.29 Å². The van der Waals surface area contributed by atoms with Gasteiger partial charge in [-0.25, -0.2) is 4.68 Å². The zero-order valence-electron chi connectivity index (χ0n) is 13.7. The molecule has 0 saturated heterocycles. The van der Waals surface area contributed by atoms with Crippen molar-refractivity contribution in [2.75, 3.05) is 6.61 Å². The Bertz CT molecular complexity index is 810. The fourth-order valence-corrected chi connectivity index (χ4v) is 2.48. The van der Waals surface area contributed by atoms with Crippen LogP contribution in [0.1, 0.15) is 30.1 Å². The maximum Gasteiger partial charge on any atom is 0.153 e. The molecule has 3 rings (SSSR count). The number of aldehydes is 1. The molecule has 24 heavy (non-hydrogen) atoms. The summed E-state index contributed by atoms with van der Waals surface area (Å²) >= 11 is 0. The van der Waals surface area contributed by atoms with Crippen LogP contribution in [0.15, 0.2) is 60.8 Å². The summed E-state index contributed by atoms with van der Waals surface area (Å²) in [4.78, 5) is 11.5. The molecule has 0 fully saturated rings. The molecule has 4 nitrogen and oxygen atoms in total.